The van der Waals surface area contributed by atoms with E-state index in [0.29, 0.717) is 6.42 Å². The molecule has 0 spiro atoms. The maximum Gasteiger partial charge on any atom is 0.306 e. The van der Waals surface area contributed by atoms with E-state index in [-0.39, 0.29) is 12.0 Å². The Balaban J connectivity index is 0.000000249. The fraction of sp³-hybridized carbons (Fsp3) is 0.364. The van der Waals surface area contributed by atoms with E-state index in [9.17, 15) is 4.79 Å². The van der Waals surface area contributed by atoms with E-state index >= 15 is 0 Å². The number of esters is 1. The lowest BCUT2D eigenvalue weighted by Crippen LogP contribution is -2.00. The van der Waals surface area contributed by atoms with Crippen molar-refractivity contribution in [3.05, 3.63) is 36.4 Å². The average Bonchev–Trinajstić information content (AvgIpc) is 2.22. The van der Waals surface area contributed by atoms with Crippen LogP contribution in [0.3, 0.4) is 0 Å². The molecule has 0 aliphatic carbocycles. The van der Waals surface area contributed by atoms with Crippen LogP contribution in [0.1, 0.15) is 19.8 Å². The van der Waals surface area contributed by atoms with Gasteiger partial charge in [-0.3, -0.25) is 4.79 Å². The summed E-state index contributed by atoms with van der Waals surface area (Å²) < 4.78 is 4.41. The number of benzene rings is 1. The van der Waals surface area contributed by atoms with E-state index < -0.39 is 0 Å². The topological polar surface area (TPSA) is 26.3 Å². The van der Waals surface area contributed by atoms with Gasteiger partial charge in [0.25, 0.3) is 0 Å². The van der Waals surface area contributed by atoms with Crippen molar-refractivity contribution in [1.29, 1.82) is 0 Å². The highest BCUT2D eigenvalue weighted by atomic mass is 35.5. The lowest BCUT2D eigenvalue weighted by Gasteiger charge is -1.94. The first kappa shape index (κ1) is 13.0. The van der Waals surface area contributed by atoms with Crippen molar-refractivity contribution in [2.75, 3.05) is 6.07 Å². The van der Waals surface area contributed by atoms with Crippen LogP contribution in [0.25, 0.3) is 0 Å². The van der Waals surface area contributed by atoms with Crippen molar-refractivity contribution in [1.82, 2.24) is 0 Å². The summed E-state index contributed by atoms with van der Waals surface area (Å²) in [6.45, 7) is 1.91. The molecule has 0 unspecified atom stereocenters. The van der Waals surface area contributed by atoms with Crippen molar-refractivity contribution < 1.29 is 9.53 Å². The molecule has 0 bridgehead atoms. The summed E-state index contributed by atoms with van der Waals surface area (Å²) >= 11 is 5.09. The molecule has 1 rings (SSSR count). The summed E-state index contributed by atoms with van der Waals surface area (Å²) in [5, 5.41) is 0. The third-order valence-electron chi connectivity index (χ3n) is 1.34. The van der Waals surface area contributed by atoms with Crippen molar-refractivity contribution in [2.45, 2.75) is 19.8 Å². The normalized spacial score (nSPS) is 8.43. The van der Waals surface area contributed by atoms with Gasteiger partial charge in [0.15, 0.2) is 6.07 Å². The van der Waals surface area contributed by atoms with E-state index in [1.807, 2.05) is 43.3 Å². The fourth-order valence-corrected chi connectivity index (χ4v) is 0.844. The molecule has 0 aliphatic rings. The first-order valence-corrected chi connectivity index (χ1v) is 5.06. The Morgan fingerprint density at radius 1 is 1.14 bits per heavy atom. The van der Waals surface area contributed by atoms with Gasteiger partial charge in [-0.2, -0.15) is 0 Å². The van der Waals surface area contributed by atoms with Gasteiger partial charge in [0.2, 0.25) is 0 Å². The second kappa shape index (κ2) is 10.1. The minimum Gasteiger partial charge on any atom is -0.449 e. The molecule has 1 aromatic carbocycles. The molecule has 0 aliphatic heterocycles. The maximum absolute atomic E-state index is 10.3. The molecule has 1 aromatic rings. The van der Waals surface area contributed by atoms with Gasteiger partial charge in [-0.05, 0) is 6.42 Å². The highest BCUT2D eigenvalue weighted by Gasteiger charge is 1.96. The molecule has 0 atom stereocenters. The Morgan fingerprint density at radius 2 is 1.57 bits per heavy atom. The molecule has 0 radical (unpaired) electrons. The van der Waals surface area contributed by atoms with E-state index in [1.165, 1.54) is 0 Å². The predicted octanol–water partition coefficient (Wildman–Crippen LogP) is 3.21. The van der Waals surface area contributed by atoms with Crippen LogP contribution in [0.5, 0.6) is 0 Å². The molecule has 0 N–H and O–H groups in total. The molecular formula is C11H15ClO2. The maximum atomic E-state index is 10.3. The van der Waals surface area contributed by atoms with Gasteiger partial charge in [-0.25, -0.2) is 0 Å². The number of hydrogen-bond acceptors (Lipinski definition) is 2. The molecule has 0 saturated carbocycles. The van der Waals surface area contributed by atoms with Crippen LogP contribution in [-0.4, -0.2) is 12.0 Å². The number of carbonyl (C=O) groups excluding carboxylic acids is 1. The third kappa shape index (κ3) is 9.07. The molecule has 0 saturated heterocycles. The highest BCUT2D eigenvalue weighted by molar-refractivity contribution is 6.17. The SMILES string of the molecule is CCCC(=O)OCCl.c1ccccc1. The number of alkyl halides is 1. The average molecular weight is 215 g/mol. The number of rotatable bonds is 3. The van der Waals surface area contributed by atoms with Crippen molar-refractivity contribution in [3.8, 4) is 0 Å². The Kier molecular flexibility index (Phi) is 9.33. The van der Waals surface area contributed by atoms with E-state index in [2.05, 4.69) is 4.74 Å². The van der Waals surface area contributed by atoms with Crippen LogP contribution in [0.4, 0.5) is 0 Å². The van der Waals surface area contributed by atoms with Crippen LogP contribution >= 0.6 is 11.6 Å². The summed E-state index contributed by atoms with van der Waals surface area (Å²) in [4.78, 5) is 10.3. The lowest BCUT2D eigenvalue weighted by molar-refractivity contribution is -0.141. The van der Waals surface area contributed by atoms with Gasteiger partial charge in [-0.15, -0.1) is 0 Å². The molecule has 78 valence electrons. The quantitative estimate of drug-likeness (QED) is 0.571. The predicted molar refractivity (Wildman–Crippen MR) is 58.2 cm³/mol. The molecule has 0 fully saturated rings. The second-order valence-corrected chi connectivity index (χ2v) is 2.75. The smallest absolute Gasteiger partial charge is 0.306 e. The Hall–Kier alpha value is -1.02. The molecule has 3 heteroatoms. The van der Waals surface area contributed by atoms with Crippen molar-refractivity contribution in [3.63, 3.8) is 0 Å². The second-order valence-electron chi connectivity index (χ2n) is 2.53. The van der Waals surface area contributed by atoms with E-state index in [4.69, 9.17) is 11.6 Å². The first-order chi connectivity index (χ1) is 6.81. The Bertz CT molecular complexity index is 189. The van der Waals surface area contributed by atoms with Crippen LogP contribution in [0.15, 0.2) is 36.4 Å². The van der Waals surface area contributed by atoms with Gasteiger partial charge in [-0.1, -0.05) is 54.9 Å². The van der Waals surface area contributed by atoms with Crippen LogP contribution < -0.4 is 0 Å². The minimum atomic E-state index is -0.220. The molecule has 14 heavy (non-hydrogen) atoms. The summed E-state index contributed by atoms with van der Waals surface area (Å²) in [7, 11) is 0. The third-order valence-corrected chi connectivity index (χ3v) is 1.45. The van der Waals surface area contributed by atoms with Gasteiger partial charge in [0.1, 0.15) is 0 Å². The fourth-order valence-electron chi connectivity index (χ4n) is 0.722. The van der Waals surface area contributed by atoms with Crippen LogP contribution in [0, 0.1) is 0 Å². The first-order valence-electron chi connectivity index (χ1n) is 4.52. The minimum absolute atomic E-state index is 0.0289. The molecule has 2 nitrogen and oxygen atoms in total. The van der Waals surface area contributed by atoms with Crippen LogP contribution in [-0.2, 0) is 9.53 Å². The molecule has 0 amide bonds. The number of carbonyl (C=O) groups is 1. The zero-order valence-corrected chi connectivity index (χ0v) is 9.04. The molecule has 0 heterocycles. The van der Waals surface area contributed by atoms with Crippen LogP contribution in [0.2, 0.25) is 0 Å². The van der Waals surface area contributed by atoms with Crippen molar-refractivity contribution in [2.24, 2.45) is 0 Å². The zero-order chi connectivity index (χ0) is 10.6. The van der Waals surface area contributed by atoms with E-state index in [1.54, 1.807) is 0 Å². The number of halogens is 1. The zero-order valence-electron chi connectivity index (χ0n) is 8.28. The summed E-state index contributed by atoms with van der Waals surface area (Å²) in [5.41, 5.74) is 0. The van der Waals surface area contributed by atoms with Crippen molar-refractivity contribution >= 4 is 17.6 Å². The Labute approximate surface area is 89.8 Å². The van der Waals surface area contributed by atoms with Gasteiger partial charge >= 0.3 is 5.97 Å². The number of ether oxygens (including phenoxy) is 1. The monoisotopic (exact) mass is 214 g/mol. The van der Waals surface area contributed by atoms with Gasteiger partial charge in [0, 0.05) is 6.42 Å². The van der Waals surface area contributed by atoms with Gasteiger partial charge < -0.3 is 4.74 Å². The molecular weight excluding hydrogens is 200 g/mol. The molecule has 0 aromatic heterocycles. The standard InChI is InChI=1S/C6H6.C5H9ClO2/c1-2-4-6-5-3-1;1-2-3-5(7)8-4-6/h1-6H;2-4H2,1H3. The van der Waals surface area contributed by atoms with E-state index in [0.717, 1.165) is 6.42 Å². The summed E-state index contributed by atoms with van der Waals surface area (Å²) in [6.07, 6.45) is 1.28. The number of hydrogen-bond donors (Lipinski definition) is 0. The lowest BCUT2D eigenvalue weighted by atomic mass is 10.3. The highest BCUT2D eigenvalue weighted by Crippen LogP contribution is 1.91. The summed E-state index contributed by atoms with van der Waals surface area (Å²) in [6, 6.07) is 12.0. The summed E-state index contributed by atoms with van der Waals surface area (Å²) in [5.74, 6) is -0.220. The van der Waals surface area contributed by atoms with Gasteiger partial charge in [0.05, 0.1) is 0 Å². The largest absolute Gasteiger partial charge is 0.449 e. The Morgan fingerprint density at radius 3 is 1.86 bits per heavy atom.